The van der Waals surface area contributed by atoms with Crippen molar-refractivity contribution in [1.82, 2.24) is 9.78 Å². The molecule has 2 aromatic carbocycles. The SMILES string of the molecule is BC(B)(O)Oc1cc(F)ccc1Oc1cc(C(F)(F)F)c(Cl)cc1C(=O)Nc1cnn(COC)c(=O)c1. The van der Waals surface area contributed by atoms with Crippen LogP contribution in [0, 0.1) is 5.82 Å². The summed E-state index contributed by atoms with van der Waals surface area (Å²) in [5.41, 5.74) is -4.27. The van der Waals surface area contributed by atoms with E-state index in [-0.39, 0.29) is 23.9 Å². The number of aromatic nitrogens is 2. The van der Waals surface area contributed by atoms with Gasteiger partial charge in [0.25, 0.3) is 11.5 Å². The summed E-state index contributed by atoms with van der Waals surface area (Å²) in [6, 6.07) is 5.06. The maximum atomic E-state index is 13.8. The van der Waals surface area contributed by atoms with Crippen LogP contribution < -0.4 is 20.3 Å². The minimum atomic E-state index is -4.91. The molecule has 1 heterocycles. The Morgan fingerprint density at radius 2 is 1.86 bits per heavy atom. The molecule has 0 atom stereocenters. The summed E-state index contributed by atoms with van der Waals surface area (Å²) in [4.78, 5) is 25.1. The van der Waals surface area contributed by atoms with Crippen molar-refractivity contribution >= 4 is 38.9 Å². The predicted molar refractivity (Wildman–Crippen MR) is 129 cm³/mol. The quantitative estimate of drug-likeness (QED) is 0.255. The van der Waals surface area contributed by atoms with Gasteiger partial charge in [-0.3, -0.25) is 9.59 Å². The van der Waals surface area contributed by atoms with Crippen LogP contribution in [-0.4, -0.2) is 49.2 Å². The first-order valence-corrected chi connectivity index (χ1v) is 10.7. The van der Waals surface area contributed by atoms with Crippen LogP contribution in [0.15, 0.2) is 47.4 Å². The fraction of sp³-hybridized carbons (Fsp3) is 0.190. The Labute approximate surface area is 213 Å². The number of alkyl halides is 3. The number of rotatable bonds is 8. The highest BCUT2D eigenvalue weighted by Gasteiger charge is 2.35. The maximum absolute atomic E-state index is 13.8. The van der Waals surface area contributed by atoms with Gasteiger partial charge in [-0.1, -0.05) is 11.6 Å². The van der Waals surface area contributed by atoms with Crippen molar-refractivity contribution in [1.29, 1.82) is 0 Å². The highest BCUT2D eigenvalue weighted by Crippen LogP contribution is 2.41. The van der Waals surface area contributed by atoms with Gasteiger partial charge in [0.2, 0.25) is 0 Å². The fourth-order valence-corrected chi connectivity index (χ4v) is 3.26. The molecule has 16 heteroatoms. The number of nitrogens with zero attached hydrogens (tertiary/aromatic N) is 2. The topological polar surface area (TPSA) is 112 Å². The molecule has 0 saturated heterocycles. The summed E-state index contributed by atoms with van der Waals surface area (Å²) in [5.74, 6) is -3.07. The molecule has 0 fully saturated rings. The number of methoxy groups -OCH3 is 1. The number of nitrogens with one attached hydrogen (secondary N) is 1. The van der Waals surface area contributed by atoms with Crippen LogP contribution >= 0.6 is 11.6 Å². The van der Waals surface area contributed by atoms with Crippen molar-refractivity contribution in [2.75, 3.05) is 12.4 Å². The van der Waals surface area contributed by atoms with Gasteiger partial charge in [-0.25, -0.2) is 9.07 Å². The molecule has 0 saturated carbocycles. The van der Waals surface area contributed by atoms with Crippen LogP contribution in [0.25, 0.3) is 0 Å². The molecule has 37 heavy (non-hydrogen) atoms. The van der Waals surface area contributed by atoms with E-state index in [9.17, 15) is 32.3 Å². The van der Waals surface area contributed by atoms with E-state index in [0.29, 0.717) is 6.07 Å². The molecule has 9 nitrogen and oxygen atoms in total. The minimum absolute atomic E-state index is 0.0721. The van der Waals surface area contributed by atoms with E-state index in [0.717, 1.165) is 41.2 Å². The number of amides is 1. The third kappa shape index (κ3) is 7.24. The van der Waals surface area contributed by atoms with Crippen LogP contribution in [0.3, 0.4) is 0 Å². The lowest BCUT2D eigenvalue weighted by molar-refractivity contribution is -0.137. The Morgan fingerprint density at radius 3 is 2.46 bits per heavy atom. The lowest BCUT2D eigenvalue weighted by Gasteiger charge is -2.23. The second kappa shape index (κ2) is 10.8. The van der Waals surface area contributed by atoms with Gasteiger partial charge in [-0.2, -0.15) is 18.3 Å². The van der Waals surface area contributed by atoms with Crippen molar-refractivity contribution in [3.8, 4) is 17.2 Å². The van der Waals surface area contributed by atoms with Gasteiger partial charge >= 0.3 is 6.18 Å². The van der Waals surface area contributed by atoms with Gasteiger partial charge in [-0.05, 0) is 24.3 Å². The van der Waals surface area contributed by atoms with Crippen LogP contribution in [0.1, 0.15) is 15.9 Å². The average molecular weight is 541 g/mol. The first-order chi connectivity index (χ1) is 17.2. The highest BCUT2D eigenvalue weighted by atomic mass is 35.5. The van der Waals surface area contributed by atoms with E-state index in [1.165, 1.54) is 22.8 Å². The van der Waals surface area contributed by atoms with Gasteiger partial charge in [0.15, 0.2) is 27.2 Å². The molecule has 0 spiro atoms. The van der Waals surface area contributed by atoms with Crippen molar-refractivity contribution in [3.63, 3.8) is 0 Å². The number of hydrogen-bond donors (Lipinski definition) is 2. The summed E-state index contributed by atoms with van der Waals surface area (Å²) in [6.07, 6.45) is -3.78. The van der Waals surface area contributed by atoms with E-state index >= 15 is 0 Å². The number of hydrogen-bond acceptors (Lipinski definition) is 7. The van der Waals surface area contributed by atoms with Crippen LogP contribution in [0.5, 0.6) is 17.2 Å². The Bertz CT molecular complexity index is 1380. The Hall–Kier alpha value is -3.55. The molecule has 194 valence electrons. The third-order valence-corrected chi connectivity index (χ3v) is 4.80. The van der Waals surface area contributed by atoms with Crippen molar-refractivity contribution in [3.05, 3.63) is 74.9 Å². The Kier molecular flexibility index (Phi) is 8.20. The minimum Gasteiger partial charge on any atom is -0.476 e. The number of carbonyl (C=O) groups excluding carboxylic acids is 1. The average Bonchev–Trinajstić information content (AvgIpc) is 2.76. The van der Waals surface area contributed by atoms with E-state index in [1.807, 2.05) is 0 Å². The Balaban J connectivity index is 2.06. The smallest absolute Gasteiger partial charge is 0.417 e. The van der Waals surface area contributed by atoms with Crippen LogP contribution in [0.4, 0.5) is 23.2 Å². The van der Waals surface area contributed by atoms with E-state index < -0.39 is 50.9 Å². The standard InChI is InChI=1S/C21H18B2ClF4N3O6/c1-35-9-31-18(32)5-11(8-29-31)30-19(33)12-6-14(24)13(20(26,27)28)7-16(12)36-15-3-2-10(25)4-17(15)37-21(22,23)34/h2-8,34H,9,22-23H2,1H3,(H,30,33). The third-order valence-electron chi connectivity index (χ3n) is 4.48. The fourth-order valence-electron chi connectivity index (χ4n) is 2.99. The van der Waals surface area contributed by atoms with Crippen molar-refractivity contribution in [2.45, 2.75) is 18.5 Å². The number of benzene rings is 2. The molecule has 0 aliphatic carbocycles. The lowest BCUT2D eigenvalue weighted by Crippen LogP contribution is -2.36. The lowest BCUT2D eigenvalue weighted by atomic mass is 9.76. The molecule has 0 aliphatic heterocycles. The summed E-state index contributed by atoms with van der Waals surface area (Å²) in [6.45, 7) is -0.147. The van der Waals surface area contributed by atoms with Gasteiger partial charge in [-0.15, -0.1) is 0 Å². The normalized spacial score (nSPS) is 11.8. The zero-order chi connectivity index (χ0) is 27.5. The molecule has 0 bridgehead atoms. The summed E-state index contributed by atoms with van der Waals surface area (Å²) < 4.78 is 71.0. The molecule has 3 aromatic rings. The molecular weight excluding hydrogens is 523 g/mol. The van der Waals surface area contributed by atoms with Crippen LogP contribution in [0.2, 0.25) is 5.02 Å². The van der Waals surface area contributed by atoms with Crippen molar-refractivity contribution < 1.29 is 41.7 Å². The molecule has 1 amide bonds. The van der Waals surface area contributed by atoms with Gasteiger partial charge in [0.1, 0.15) is 23.9 Å². The second-order valence-corrected chi connectivity index (χ2v) is 8.43. The van der Waals surface area contributed by atoms with Gasteiger partial charge in [0, 0.05) is 19.2 Å². The maximum Gasteiger partial charge on any atom is 0.417 e. The van der Waals surface area contributed by atoms with Crippen LogP contribution in [-0.2, 0) is 17.6 Å². The molecule has 3 rings (SSSR count). The summed E-state index contributed by atoms with van der Waals surface area (Å²) >= 11 is 5.81. The monoisotopic (exact) mass is 541 g/mol. The molecule has 0 aliphatic rings. The summed E-state index contributed by atoms with van der Waals surface area (Å²) in [5, 5.41) is 15.3. The summed E-state index contributed by atoms with van der Waals surface area (Å²) in [7, 11) is 3.82. The molecule has 0 radical (unpaired) electrons. The highest BCUT2D eigenvalue weighted by molar-refractivity contribution is 6.37. The predicted octanol–water partition coefficient (Wildman–Crippen LogP) is 1.95. The first kappa shape index (κ1) is 28.0. The number of anilines is 1. The van der Waals surface area contributed by atoms with Gasteiger partial charge < -0.3 is 24.6 Å². The van der Waals surface area contributed by atoms with Crippen molar-refractivity contribution in [2.24, 2.45) is 0 Å². The van der Waals surface area contributed by atoms with E-state index in [4.69, 9.17) is 25.8 Å². The molecule has 1 aromatic heterocycles. The number of halogens is 5. The largest absolute Gasteiger partial charge is 0.476 e. The number of carbonyl (C=O) groups is 1. The van der Waals surface area contributed by atoms with E-state index in [1.54, 1.807) is 0 Å². The first-order valence-electron chi connectivity index (χ1n) is 10.3. The molecular formula is C21H18B2ClF4N3O6. The van der Waals surface area contributed by atoms with Gasteiger partial charge in [0.05, 0.1) is 28.0 Å². The zero-order valence-corrected chi connectivity index (χ0v) is 20.3. The number of aliphatic hydroxyl groups is 1. The van der Waals surface area contributed by atoms with E-state index in [2.05, 4.69) is 10.4 Å². The zero-order valence-electron chi connectivity index (χ0n) is 19.5. The molecule has 2 N–H and O–H groups in total. The number of ether oxygens (including phenoxy) is 3. The molecule has 0 unspecified atom stereocenters. The second-order valence-electron chi connectivity index (χ2n) is 8.02. The Morgan fingerprint density at radius 1 is 1.16 bits per heavy atom.